The van der Waals surface area contributed by atoms with Crippen LogP contribution in [0.1, 0.15) is 11.1 Å². The van der Waals surface area contributed by atoms with Crippen molar-refractivity contribution in [3.05, 3.63) is 29.3 Å². The van der Waals surface area contributed by atoms with Gasteiger partial charge in [0.15, 0.2) is 0 Å². The van der Waals surface area contributed by atoms with Gasteiger partial charge >= 0.3 is 10.5 Å². The van der Waals surface area contributed by atoms with Crippen molar-refractivity contribution >= 4 is 10.5 Å². The maximum absolute atomic E-state index is 12.2. The Morgan fingerprint density at radius 3 is 2.87 bits per heavy atom. The van der Waals surface area contributed by atoms with Gasteiger partial charge in [-0.1, -0.05) is 9.95 Å². The normalized spacial score (nSPS) is 15.8. The number of halogens is 1. The highest BCUT2D eigenvalue weighted by Gasteiger charge is 2.14. The predicted octanol–water partition coefficient (Wildman–Crippen LogP) is 1.35. The molecular weight excluding hydrogens is 223 g/mol. The number of hydrogen-bond acceptors (Lipinski definition) is 4. The van der Waals surface area contributed by atoms with Gasteiger partial charge in [0.1, 0.15) is 5.75 Å². The minimum absolute atomic E-state index is 0.00171. The van der Waals surface area contributed by atoms with E-state index in [4.69, 9.17) is 4.74 Å². The Hall–Kier alpha value is -1.14. The molecule has 0 N–H and O–H groups in total. The molecule has 1 aliphatic heterocycles. The smallest absolute Gasteiger partial charge is 0.376 e. The second kappa shape index (κ2) is 3.79. The second-order valence-electron chi connectivity index (χ2n) is 3.21. The van der Waals surface area contributed by atoms with Gasteiger partial charge in [0.05, 0.1) is 13.2 Å². The zero-order valence-electron chi connectivity index (χ0n) is 7.77. The van der Waals surface area contributed by atoms with E-state index in [-0.39, 0.29) is 5.75 Å². The first-order valence-corrected chi connectivity index (χ1v) is 5.69. The van der Waals surface area contributed by atoms with Crippen LogP contribution in [-0.4, -0.2) is 15.0 Å². The summed E-state index contributed by atoms with van der Waals surface area (Å²) in [4.78, 5) is 0. The maximum Gasteiger partial charge on any atom is 0.488 e. The molecule has 0 spiro atoms. The summed E-state index contributed by atoms with van der Waals surface area (Å²) in [5.41, 5.74) is 1.91. The zero-order valence-corrected chi connectivity index (χ0v) is 8.59. The number of ether oxygens (including phenoxy) is 1. The number of rotatable bonds is 2. The van der Waals surface area contributed by atoms with E-state index in [0.29, 0.717) is 19.6 Å². The Balaban J connectivity index is 2.28. The van der Waals surface area contributed by atoms with Crippen LogP contribution in [-0.2, 0) is 28.3 Å². The standard InChI is InChI=1S/C9H9FO4S/c10-15(11,12)14-9-2-1-8-6-13-4-3-7(8)5-9/h1-2,5H,3-4,6H2. The minimum Gasteiger partial charge on any atom is -0.376 e. The summed E-state index contributed by atoms with van der Waals surface area (Å²) in [5, 5.41) is 0. The highest BCUT2D eigenvalue weighted by Crippen LogP contribution is 2.23. The molecule has 0 unspecified atom stereocenters. The molecule has 4 nitrogen and oxygen atoms in total. The van der Waals surface area contributed by atoms with Crippen molar-refractivity contribution in [1.29, 1.82) is 0 Å². The third-order valence-electron chi connectivity index (χ3n) is 2.15. The van der Waals surface area contributed by atoms with Gasteiger partial charge in [0, 0.05) is 0 Å². The van der Waals surface area contributed by atoms with Crippen molar-refractivity contribution in [2.24, 2.45) is 0 Å². The average Bonchev–Trinajstić information content (AvgIpc) is 2.15. The molecule has 0 amide bonds. The summed E-state index contributed by atoms with van der Waals surface area (Å²) in [5.74, 6) is -0.00171. The fourth-order valence-corrected chi connectivity index (χ4v) is 1.84. The molecule has 0 aromatic heterocycles. The van der Waals surface area contributed by atoms with Gasteiger partial charge in [-0.15, -0.1) is 0 Å². The average molecular weight is 232 g/mol. The molecule has 82 valence electrons. The summed E-state index contributed by atoms with van der Waals surface area (Å²) < 4.78 is 42.1. The van der Waals surface area contributed by atoms with E-state index in [1.165, 1.54) is 12.1 Å². The van der Waals surface area contributed by atoms with Crippen molar-refractivity contribution in [3.63, 3.8) is 0 Å². The van der Waals surface area contributed by atoms with Crippen LogP contribution in [0, 0.1) is 0 Å². The molecule has 0 fully saturated rings. The molecule has 15 heavy (non-hydrogen) atoms. The van der Waals surface area contributed by atoms with Crippen molar-refractivity contribution in [1.82, 2.24) is 0 Å². The van der Waals surface area contributed by atoms with Gasteiger partial charge in [-0.3, -0.25) is 0 Å². The monoisotopic (exact) mass is 232 g/mol. The quantitative estimate of drug-likeness (QED) is 0.722. The van der Waals surface area contributed by atoms with Crippen LogP contribution < -0.4 is 4.18 Å². The molecule has 0 aliphatic carbocycles. The fraction of sp³-hybridized carbons (Fsp3) is 0.333. The highest BCUT2D eigenvalue weighted by atomic mass is 32.3. The minimum atomic E-state index is -4.93. The Morgan fingerprint density at radius 1 is 1.33 bits per heavy atom. The third-order valence-corrected chi connectivity index (χ3v) is 2.54. The van der Waals surface area contributed by atoms with Crippen molar-refractivity contribution in [3.8, 4) is 5.75 Å². The molecule has 6 heteroatoms. The van der Waals surface area contributed by atoms with Crippen LogP contribution in [0.15, 0.2) is 18.2 Å². The Bertz CT molecular complexity index is 469. The van der Waals surface area contributed by atoms with Gasteiger partial charge in [0.2, 0.25) is 0 Å². The summed E-state index contributed by atoms with van der Waals surface area (Å²) >= 11 is 0. The van der Waals surface area contributed by atoms with Crippen molar-refractivity contribution < 1.29 is 21.2 Å². The van der Waals surface area contributed by atoms with Gasteiger partial charge in [0.25, 0.3) is 0 Å². The molecule has 1 aromatic rings. The summed E-state index contributed by atoms with van der Waals surface area (Å²) in [6.45, 7) is 1.08. The number of fused-ring (bicyclic) bond motifs is 1. The van der Waals surface area contributed by atoms with E-state index in [1.54, 1.807) is 6.07 Å². The van der Waals surface area contributed by atoms with Crippen molar-refractivity contribution in [2.45, 2.75) is 13.0 Å². The fourth-order valence-electron chi connectivity index (χ4n) is 1.51. The second-order valence-corrected chi connectivity index (χ2v) is 4.16. The number of benzene rings is 1. The van der Waals surface area contributed by atoms with E-state index in [1.807, 2.05) is 0 Å². The molecule has 0 saturated heterocycles. The number of hydrogen-bond donors (Lipinski definition) is 0. The maximum atomic E-state index is 12.2. The first-order valence-electron chi connectivity index (χ1n) is 4.38. The SMILES string of the molecule is O=S(=O)(F)Oc1ccc2c(c1)CCOC2. The Morgan fingerprint density at radius 2 is 2.13 bits per heavy atom. The molecule has 0 radical (unpaired) electrons. The van der Waals surface area contributed by atoms with E-state index < -0.39 is 10.5 Å². The summed E-state index contributed by atoms with van der Waals surface area (Å²) in [7, 11) is -4.93. The molecule has 2 rings (SSSR count). The third kappa shape index (κ3) is 2.66. The van der Waals surface area contributed by atoms with Gasteiger partial charge in [-0.05, 0) is 29.7 Å². The van der Waals surface area contributed by atoms with Crippen LogP contribution in [0.2, 0.25) is 0 Å². The van der Waals surface area contributed by atoms with Crippen LogP contribution in [0.25, 0.3) is 0 Å². The molecule has 0 saturated carbocycles. The van der Waals surface area contributed by atoms with Crippen LogP contribution in [0.3, 0.4) is 0 Å². The topological polar surface area (TPSA) is 52.6 Å². The molecule has 1 aromatic carbocycles. The van der Waals surface area contributed by atoms with E-state index in [0.717, 1.165) is 11.1 Å². The lowest BCUT2D eigenvalue weighted by Crippen LogP contribution is -2.10. The lowest BCUT2D eigenvalue weighted by Gasteiger charge is -2.16. The van der Waals surface area contributed by atoms with Crippen LogP contribution >= 0.6 is 0 Å². The Kier molecular flexibility index (Phi) is 2.62. The largest absolute Gasteiger partial charge is 0.488 e. The molecule has 1 aliphatic rings. The van der Waals surface area contributed by atoms with E-state index in [2.05, 4.69) is 4.18 Å². The lowest BCUT2D eigenvalue weighted by molar-refractivity contribution is 0.110. The van der Waals surface area contributed by atoms with Gasteiger partial charge < -0.3 is 8.92 Å². The van der Waals surface area contributed by atoms with Crippen LogP contribution in [0.4, 0.5) is 3.89 Å². The predicted molar refractivity (Wildman–Crippen MR) is 50.5 cm³/mol. The summed E-state index contributed by atoms with van der Waals surface area (Å²) in [6, 6.07) is 4.61. The van der Waals surface area contributed by atoms with Gasteiger partial charge in [-0.2, -0.15) is 8.42 Å². The lowest BCUT2D eigenvalue weighted by atomic mass is 10.0. The van der Waals surface area contributed by atoms with Crippen LogP contribution in [0.5, 0.6) is 5.75 Å². The highest BCUT2D eigenvalue weighted by molar-refractivity contribution is 7.81. The first-order chi connectivity index (χ1) is 7.04. The van der Waals surface area contributed by atoms with Gasteiger partial charge in [-0.25, -0.2) is 0 Å². The van der Waals surface area contributed by atoms with E-state index >= 15 is 0 Å². The first kappa shape index (κ1) is 10.4. The summed E-state index contributed by atoms with van der Waals surface area (Å²) in [6.07, 6.45) is 0.679. The van der Waals surface area contributed by atoms with E-state index in [9.17, 15) is 12.3 Å². The molecule has 0 bridgehead atoms. The molecule has 1 heterocycles. The molecular formula is C9H9FO4S. The van der Waals surface area contributed by atoms with Crippen molar-refractivity contribution in [2.75, 3.05) is 6.61 Å². The zero-order chi connectivity index (χ0) is 10.9. The Labute approximate surface area is 87.0 Å². The molecule has 0 atom stereocenters.